The molecular formula is C22H16FNO. The minimum absolute atomic E-state index is 0.215. The molecule has 0 saturated heterocycles. The SMILES string of the molecule is Cc1ccc(NC(=O)c2ccccc2C#Cc2ccc(F)cc2)cc1. The van der Waals surface area contributed by atoms with Gasteiger partial charge < -0.3 is 5.32 Å². The zero-order valence-electron chi connectivity index (χ0n) is 13.7. The van der Waals surface area contributed by atoms with Crippen LogP contribution in [-0.2, 0) is 0 Å². The fraction of sp³-hybridized carbons (Fsp3) is 0.0455. The number of halogens is 1. The summed E-state index contributed by atoms with van der Waals surface area (Å²) in [5, 5.41) is 2.88. The van der Waals surface area contributed by atoms with Crippen LogP contribution in [0.4, 0.5) is 10.1 Å². The van der Waals surface area contributed by atoms with Crippen LogP contribution in [0.1, 0.15) is 27.0 Å². The van der Waals surface area contributed by atoms with E-state index in [1.807, 2.05) is 37.3 Å². The summed E-state index contributed by atoms with van der Waals surface area (Å²) in [7, 11) is 0. The van der Waals surface area contributed by atoms with Crippen LogP contribution in [0.15, 0.2) is 72.8 Å². The number of carbonyl (C=O) groups excluding carboxylic acids is 1. The van der Waals surface area contributed by atoms with E-state index in [1.54, 1.807) is 30.3 Å². The molecule has 0 radical (unpaired) electrons. The van der Waals surface area contributed by atoms with Crippen LogP contribution in [-0.4, -0.2) is 5.91 Å². The van der Waals surface area contributed by atoms with Crippen molar-refractivity contribution in [3.05, 3.63) is 101 Å². The molecule has 0 heterocycles. The first kappa shape index (κ1) is 16.5. The molecule has 0 saturated carbocycles. The minimum atomic E-state index is -0.302. The van der Waals surface area contributed by atoms with Crippen molar-refractivity contribution in [3.63, 3.8) is 0 Å². The molecule has 0 aliphatic rings. The third-order valence-electron chi connectivity index (χ3n) is 3.67. The number of amides is 1. The maximum atomic E-state index is 13.0. The lowest BCUT2D eigenvalue weighted by Crippen LogP contribution is -2.13. The van der Waals surface area contributed by atoms with Gasteiger partial charge in [-0.1, -0.05) is 41.7 Å². The van der Waals surface area contributed by atoms with Gasteiger partial charge in [-0.05, 0) is 55.5 Å². The van der Waals surface area contributed by atoms with E-state index >= 15 is 0 Å². The van der Waals surface area contributed by atoms with E-state index in [2.05, 4.69) is 17.2 Å². The van der Waals surface area contributed by atoms with Gasteiger partial charge in [0.15, 0.2) is 0 Å². The average molecular weight is 329 g/mol. The van der Waals surface area contributed by atoms with E-state index in [4.69, 9.17) is 0 Å². The standard InChI is InChI=1S/C22H16FNO/c1-16-6-14-20(15-7-16)24-22(25)21-5-3-2-4-18(21)11-8-17-9-12-19(23)13-10-17/h2-7,9-10,12-15H,1H3,(H,24,25). The molecule has 2 nitrogen and oxygen atoms in total. The van der Waals surface area contributed by atoms with Gasteiger partial charge in [0, 0.05) is 16.8 Å². The van der Waals surface area contributed by atoms with Crippen molar-refractivity contribution in [2.75, 3.05) is 5.32 Å². The van der Waals surface area contributed by atoms with Gasteiger partial charge in [0.25, 0.3) is 5.91 Å². The normalized spacial score (nSPS) is 9.84. The number of hydrogen-bond acceptors (Lipinski definition) is 1. The molecule has 1 N–H and O–H groups in total. The van der Waals surface area contributed by atoms with Crippen LogP contribution in [0.25, 0.3) is 0 Å². The molecule has 0 aliphatic heterocycles. The van der Waals surface area contributed by atoms with Crippen LogP contribution < -0.4 is 5.32 Å². The monoisotopic (exact) mass is 329 g/mol. The largest absolute Gasteiger partial charge is 0.322 e. The predicted octanol–water partition coefficient (Wildman–Crippen LogP) is 4.79. The highest BCUT2D eigenvalue weighted by Gasteiger charge is 2.09. The van der Waals surface area contributed by atoms with Crippen molar-refractivity contribution >= 4 is 11.6 Å². The van der Waals surface area contributed by atoms with Crippen molar-refractivity contribution < 1.29 is 9.18 Å². The van der Waals surface area contributed by atoms with Crippen molar-refractivity contribution in [2.24, 2.45) is 0 Å². The Hall–Kier alpha value is -3.38. The first-order chi connectivity index (χ1) is 12.1. The molecule has 0 fully saturated rings. The Labute approximate surface area is 146 Å². The number of anilines is 1. The summed E-state index contributed by atoms with van der Waals surface area (Å²) >= 11 is 0. The zero-order valence-corrected chi connectivity index (χ0v) is 13.7. The van der Waals surface area contributed by atoms with Gasteiger partial charge in [0.2, 0.25) is 0 Å². The number of hydrogen-bond donors (Lipinski definition) is 1. The fourth-order valence-electron chi connectivity index (χ4n) is 2.30. The van der Waals surface area contributed by atoms with Gasteiger partial charge in [-0.15, -0.1) is 0 Å². The zero-order chi connectivity index (χ0) is 17.6. The first-order valence-corrected chi connectivity index (χ1v) is 7.86. The molecule has 0 unspecified atom stereocenters. The summed E-state index contributed by atoms with van der Waals surface area (Å²) in [4.78, 5) is 12.5. The molecule has 25 heavy (non-hydrogen) atoms. The number of aryl methyl sites for hydroxylation is 1. The molecule has 3 heteroatoms. The quantitative estimate of drug-likeness (QED) is 0.673. The Morgan fingerprint density at radius 1 is 0.880 bits per heavy atom. The van der Waals surface area contributed by atoms with E-state index < -0.39 is 0 Å². The summed E-state index contributed by atoms with van der Waals surface area (Å²) in [5.74, 6) is 5.43. The first-order valence-electron chi connectivity index (χ1n) is 7.86. The molecule has 0 atom stereocenters. The lowest BCUT2D eigenvalue weighted by atomic mass is 10.1. The Morgan fingerprint density at radius 3 is 2.28 bits per heavy atom. The van der Waals surface area contributed by atoms with Crippen LogP contribution in [0.5, 0.6) is 0 Å². The van der Waals surface area contributed by atoms with Gasteiger partial charge in [0.05, 0.1) is 5.56 Å². The summed E-state index contributed by atoms with van der Waals surface area (Å²) in [5.41, 5.74) is 3.67. The third-order valence-corrected chi connectivity index (χ3v) is 3.67. The third kappa shape index (κ3) is 4.33. The second-order valence-corrected chi connectivity index (χ2v) is 5.62. The molecule has 0 aliphatic carbocycles. The Bertz CT molecular complexity index is 948. The molecule has 0 bridgehead atoms. The molecule has 1 amide bonds. The Morgan fingerprint density at radius 2 is 1.56 bits per heavy atom. The molecular weight excluding hydrogens is 313 g/mol. The Kier molecular flexibility index (Phi) is 4.92. The van der Waals surface area contributed by atoms with E-state index in [1.165, 1.54) is 12.1 Å². The van der Waals surface area contributed by atoms with Crippen molar-refractivity contribution in [3.8, 4) is 11.8 Å². The molecule has 3 aromatic rings. The summed E-state index contributed by atoms with van der Waals surface area (Å²) < 4.78 is 13.0. The lowest BCUT2D eigenvalue weighted by molar-refractivity contribution is 0.102. The summed E-state index contributed by atoms with van der Waals surface area (Å²) in [6.45, 7) is 1.99. The minimum Gasteiger partial charge on any atom is -0.322 e. The number of rotatable bonds is 2. The van der Waals surface area contributed by atoms with Crippen molar-refractivity contribution in [1.82, 2.24) is 0 Å². The van der Waals surface area contributed by atoms with Gasteiger partial charge >= 0.3 is 0 Å². The highest BCUT2D eigenvalue weighted by molar-refractivity contribution is 6.06. The predicted molar refractivity (Wildman–Crippen MR) is 98.0 cm³/mol. The average Bonchev–Trinajstić information content (AvgIpc) is 2.63. The van der Waals surface area contributed by atoms with E-state index in [9.17, 15) is 9.18 Å². The molecule has 3 aromatic carbocycles. The van der Waals surface area contributed by atoms with Gasteiger partial charge in [-0.3, -0.25) is 4.79 Å². The maximum absolute atomic E-state index is 13.0. The summed E-state index contributed by atoms with van der Waals surface area (Å²) in [6.07, 6.45) is 0. The molecule has 3 rings (SSSR count). The molecule has 0 spiro atoms. The van der Waals surface area contributed by atoms with Crippen molar-refractivity contribution in [1.29, 1.82) is 0 Å². The number of benzene rings is 3. The maximum Gasteiger partial charge on any atom is 0.256 e. The van der Waals surface area contributed by atoms with Crippen LogP contribution in [0.2, 0.25) is 0 Å². The van der Waals surface area contributed by atoms with Crippen LogP contribution in [0, 0.1) is 24.6 Å². The van der Waals surface area contributed by atoms with Gasteiger partial charge in [-0.25, -0.2) is 4.39 Å². The Balaban J connectivity index is 1.84. The van der Waals surface area contributed by atoms with E-state index in [0.717, 1.165) is 11.3 Å². The second kappa shape index (κ2) is 7.46. The lowest BCUT2D eigenvalue weighted by Gasteiger charge is -2.07. The topological polar surface area (TPSA) is 29.1 Å². The molecule has 0 aromatic heterocycles. The fourth-order valence-corrected chi connectivity index (χ4v) is 2.30. The molecule has 122 valence electrons. The second-order valence-electron chi connectivity index (χ2n) is 5.62. The van der Waals surface area contributed by atoms with Crippen LogP contribution >= 0.6 is 0 Å². The highest BCUT2D eigenvalue weighted by Crippen LogP contribution is 2.13. The summed E-state index contributed by atoms with van der Waals surface area (Å²) in [6, 6.07) is 20.7. The van der Waals surface area contributed by atoms with Gasteiger partial charge in [0.1, 0.15) is 5.82 Å². The van der Waals surface area contributed by atoms with Crippen LogP contribution in [0.3, 0.4) is 0 Å². The van der Waals surface area contributed by atoms with E-state index in [-0.39, 0.29) is 11.7 Å². The number of nitrogens with one attached hydrogen (secondary N) is 1. The van der Waals surface area contributed by atoms with Gasteiger partial charge in [-0.2, -0.15) is 0 Å². The highest BCUT2D eigenvalue weighted by atomic mass is 19.1. The number of carbonyl (C=O) groups is 1. The van der Waals surface area contributed by atoms with Crippen molar-refractivity contribution in [2.45, 2.75) is 6.92 Å². The van der Waals surface area contributed by atoms with E-state index in [0.29, 0.717) is 16.7 Å². The smallest absolute Gasteiger partial charge is 0.256 e.